The summed E-state index contributed by atoms with van der Waals surface area (Å²) in [6.45, 7) is 2.49. The van der Waals surface area contributed by atoms with E-state index in [9.17, 15) is 4.79 Å². The molecule has 0 spiro atoms. The van der Waals surface area contributed by atoms with Crippen LogP contribution >= 0.6 is 0 Å². The van der Waals surface area contributed by atoms with Gasteiger partial charge in [0.2, 0.25) is 0 Å². The number of carbonyl (C=O) groups is 1. The van der Waals surface area contributed by atoms with Gasteiger partial charge in [0.05, 0.1) is 14.2 Å². The highest BCUT2D eigenvalue weighted by Crippen LogP contribution is 2.44. The number of hydrogen-bond donors (Lipinski definition) is 1. The normalized spacial score (nSPS) is 17.3. The van der Waals surface area contributed by atoms with Crippen molar-refractivity contribution in [1.29, 1.82) is 0 Å². The van der Waals surface area contributed by atoms with Crippen LogP contribution in [0.4, 0.5) is 0 Å². The predicted molar refractivity (Wildman–Crippen MR) is 156 cm³/mol. The molecule has 2 heterocycles. The highest BCUT2D eigenvalue weighted by molar-refractivity contribution is 6.12. The molecule has 40 heavy (non-hydrogen) atoms. The van der Waals surface area contributed by atoms with Crippen LogP contribution in [0.2, 0.25) is 0 Å². The third-order valence-corrected chi connectivity index (χ3v) is 8.32. The molecule has 0 amide bonds. The zero-order valence-corrected chi connectivity index (χ0v) is 23.2. The van der Waals surface area contributed by atoms with Gasteiger partial charge >= 0.3 is 5.97 Å². The summed E-state index contributed by atoms with van der Waals surface area (Å²) in [5.41, 5.74) is 9.86. The summed E-state index contributed by atoms with van der Waals surface area (Å²) in [5.74, 6) is 1.75. The molecule has 0 aliphatic carbocycles. The largest absolute Gasteiger partial charge is 0.493 e. The van der Waals surface area contributed by atoms with Crippen molar-refractivity contribution in [3.8, 4) is 17.2 Å². The molecule has 7 nitrogen and oxygen atoms in total. The maximum absolute atomic E-state index is 12.4. The maximum Gasteiger partial charge on any atom is 0.323 e. The highest BCUT2D eigenvalue weighted by atomic mass is 16.6. The van der Waals surface area contributed by atoms with Crippen molar-refractivity contribution < 1.29 is 23.7 Å². The SMILES string of the molecule is COc1cc2c3c(c4ccc(OCCOC(=O)[C@@H](N)Cc5ccccc5)cc4c2cc1OC)CN1CCC[C@H]1C3. The van der Waals surface area contributed by atoms with Gasteiger partial charge < -0.3 is 24.7 Å². The molecule has 2 aliphatic rings. The molecule has 2 atom stereocenters. The van der Waals surface area contributed by atoms with Crippen LogP contribution < -0.4 is 19.9 Å². The second-order valence-corrected chi connectivity index (χ2v) is 10.7. The first-order valence-electron chi connectivity index (χ1n) is 14.0. The summed E-state index contributed by atoms with van der Waals surface area (Å²) < 4.78 is 22.8. The van der Waals surface area contributed by atoms with E-state index in [4.69, 9.17) is 24.7 Å². The van der Waals surface area contributed by atoms with Gasteiger partial charge in [0.1, 0.15) is 25.0 Å². The molecular formula is C33H36N2O5. The summed E-state index contributed by atoms with van der Waals surface area (Å²) in [6.07, 6.45) is 3.99. The molecule has 4 aromatic carbocycles. The molecule has 208 valence electrons. The number of nitrogens with zero attached hydrogens (tertiary/aromatic N) is 1. The van der Waals surface area contributed by atoms with E-state index >= 15 is 0 Å². The Bertz CT molecular complexity index is 1540. The molecule has 0 bridgehead atoms. The van der Waals surface area contributed by atoms with Gasteiger partial charge in [-0.2, -0.15) is 0 Å². The van der Waals surface area contributed by atoms with Crippen LogP contribution in [0.3, 0.4) is 0 Å². The zero-order valence-electron chi connectivity index (χ0n) is 23.2. The minimum Gasteiger partial charge on any atom is -0.493 e. The van der Waals surface area contributed by atoms with E-state index in [0.29, 0.717) is 18.2 Å². The summed E-state index contributed by atoms with van der Waals surface area (Å²) >= 11 is 0. The van der Waals surface area contributed by atoms with Gasteiger partial charge in [0.25, 0.3) is 0 Å². The zero-order chi connectivity index (χ0) is 27.6. The Balaban J connectivity index is 1.23. The van der Waals surface area contributed by atoms with Gasteiger partial charge in [-0.1, -0.05) is 36.4 Å². The van der Waals surface area contributed by atoms with Crippen LogP contribution in [0.1, 0.15) is 29.5 Å². The fourth-order valence-electron chi connectivity index (χ4n) is 6.32. The van der Waals surface area contributed by atoms with Gasteiger partial charge in [-0.15, -0.1) is 0 Å². The van der Waals surface area contributed by atoms with Crippen molar-refractivity contribution in [3.05, 3.63) is 77.4 Å². The number of methoxy groups -OCH3 is 2. The standard InChI is InChI=1S/C33H36N2O5/c1-37-31-18-27-25-16-22-9-6-12-35(22)20-29(25)24-11-10-23(17-26(24)28(27)19-32(31)38-2)39-13-14-40-33(36)30(34)15-21-7-4-3-5-8-21/h3-5,7-8,10-11,17-19,22,30H,6,9,12-16,20,34H2,1-2H3/t22-,30-/m0/s1. The van der Waals surface area contributed by atoms with Crippen LogP contribution in [-0.4, -0.2) is 56.9 Å². The number of benzene rings is 4. The molecule has 0 saturated carbocycles. The van der Waals surface area contributed by atoms with Gasteiger partial charge in [-0.25, -0.2) is 0 Å². The number of hydrogen-bond acceptors (Lipinski definition) is 7. The summed E-state index contributed by atoms with van der Waals surface area (Å²) in [5, 5.41) is 4.70. The quantitative estimate of drug-likeness (QED) is 0.181. The fourth-order valence-corrected chi connectivity index (χ4v) is 6.32. The van der Waals surface area contributed by atoms with Crippen LogP contribution in [0.5, 0.6) is 17.2 Å². The molecule has 2 N–H and O–H groups in total. The van der Waals surface area contributed by atoms with Crippen LogP contribution in [0.25, 0.3) is 21.5 Å². The molecule has 1 fully saturated rings. The molecule has 2 aliphatic heterocycles. The maximum atomic E-state index is 12.4. The molecule has 7 heteroatoms. The smallest absolute Gasteiger partial charge is 0.323 e. The number of ether oxygens (including phenoxy) is 4. The van der Waals surface area contributed by atoms with Crippen molar-refractivity contribution in [3.63, 3.8) is 0 Å². The van der Waals surface area contributed by atoms with Crippen LogP contribution in [0, 0.1) is 0 Å². The molecule has 0 radical (unpaired) electrons. The van der Waals surface area contributed by atoms with E-state index in [1.807, 2.05) is 36.4 Å². The second kappa shape index (κ2) is 11.4. The van der Waals surface area contributed by atoms with Crippen LogP contribution in [-0.2, 0) is 28.9 Å². The Morgan fingerprint density at radius 2 is 1.68 bits per heavy atom. The van der Waals surface area contributed by atoms with E-state index in [1.54, 1.807) is 14.2 Å². The van der Waals surface area contributed by atoms with E-state index < -0.39 is 12.0 Å². The topological polar surface area (TPSA) is 83.2 Å². The third kappa shape index (κ3) is 5.07. The lowest BCUT2D eigenvalue weighted by molar-refractivity contribution is -0.145. The van der Waals surface area contributed by atoms with Crippen molar-refractivity contribution >= 4 is 27.5 Å². The van der Waals surface area contributed by atoms with Gasteiger partial charge in [-0.3, -0.25) is 9.69 Å². The summed E-state index contributed by atoms with van der Waals surface area (Å²) in [6, 6.07) is 20.1. The number of esters is 1. The minimum atomic E-state index is -0.706. The Morgan fingerprint density at radius 1 is 0.925 bits per heavy atom. The predicted octanol–water partition coefficient (Wildman–Crippen LogP) is 5.02. The first kappa shape index (κ1) is 26.4. The fraction of sp³-hybridized carbons (Fsp3) is 0.364. The number of rotatable bonds is 9. The summed E-state index contributed by atoms with van der Waals surface area (Å²) in [7, 11) is 3.35. The molecular weight excluding hydrogens is 504 g/mol. The average molecular weight is 541 g/mol. The van der Waals surface area contributed by atoms with Crippen molar-refractivity contribution in [2.75, 3.05) is 34.0 Å². The monoisotopic (exact) mass is 540 g/mol. The van der Waals surface area contributed by atoms with E-state index in [1.165, 1.54) is 34.7 Å². The molecule has 6 rings (SSSR count). The summed E-state index contributed by atoms with van der Waals surface area (Å²) in [4.78, 5) is 15.0. The third-order valence-electron chi connectivity index (χ3n) is 8.32. The van der Waals surface area contributed by atoms with Crippen molar-refractivity contribution in [2.45, 2.75) is 44.3 Å². The Labute approximate surface area is 234 Å². The number of carbonyl (C=O) groups excluding carboxylic acids is 1. The van der Waals surface area contributed by atoms with Crippen molar-refractivity contribution in [2.24, 2.45) is 5.73 Å². The Hall–Kier alpha value is -3.81. The minimum absolute atomic E-state index is 0.131. The van der Waals surface area contributed by atoms with Crippen molar-refractivity contribution in [1.82, 2.24) is 4.90 Å². The van der Waals surface area contributed by atoms with E-state index in [-0.39, 0.29) is 13.2 Å². The first-order chi connectivity index (χ1) is 19.6. The van der Waals surface area contributed by atoms with Crippen LogP contribution in [0.15, 0.2) is 60.7 Å². The van der Waals surface area contributed by atoms with Gasteiger partial charge in [0.15, 0.2) is 11.5 Å². The van der Waals surface area contributed by atoms with Gasteiger partial charge in [-0.05, 0) is 94.7 Å². The Morgan fingerprint density at radius 3 is 2.45 bits per heavy atom. The first-order valence-corrected chi connectivity index (χ1v) is 14.0. The van der Waals surface area contributed by atoms with E-state index in [0.717, 1.165) is 47.3 Å². The molecule has 1 saturated heterocycles. The highest BCUT2D eigenvalue weighted by Gasteiger charge is 2.32. The lowest BCUT2D eigenvalue weighted by Crippen LogP contribution is -2.35. The lowest BCUT2D eigenvalue weighted by atomic mass is 9.85. The molecule has 4 aromatic rings. The Kier molecular flexibility index (Phi) is 7.50. The number of nitrogens with two attached hydrogens (primary N) is 1. The molecule has 0 aromatic heterocycles. The lowest BCUT2D eigenvalue weighted by Gasteiger charge is -2.33. The second-order valence-electron chi connectivity index (χ2n) is 10.7. The number of fused-ring (bicyclic) bond motifs is 7. The van der Waals surface area contributed by atoms with E-state index in [2.05, 4.69) is 29.2 Å². The average Bonchev–Trinajstić information content (AvgIpc) is 3.45. The van der Waals surface area contributed by atoms with Gasteiger partial charge in [0, 0.05) is 12.6 Å². The molecule has 0 unspecified atom stereocenters.